The zero-order chi connectivity index (χ0) is 12.3. The molecule has 2 aliphatic rings. The summed E-state index contributed by atoms with van der Waals surface area (Å²) in [5.41, 5.74) is 3.07. The van der Waals surface area contributed by atoms with E-state index in [0.29, 0.717) is 11.2 Å². The molecule has 0 radical (unpaired) electrons. The summed E-state index contributed by atoms with van der Waals surface area (Å²) in [7, 11) is 0. The highest BCUT2D eigenvalue weighted by atomic mass is 32.2. The van der Waals surface area contributed by atoms with E-state index in [1.165, 1.54) is 6.42 Å². The maximum absolute atomic E-state index is 8.82. The maximum Gasteiger partial charge on any atom is 0.122 e. The van der Waals surface area contributed by atoms with Gasteiger partial charge in [-0.1, -0.05) is 26.3 Å². The molecule has 3 unspecified atom stereocenters. The smallest absolute Gasteiger partial charge is 0.122 e. The van der Waals surface area contributed by atoms with Crippen LogP contribution in [0.4, 0.5) is 0 Å². The lowest BCUT2D eigenvalue weighted by Gasteiger charge is -2.14. The molecule has 1 N–H and O–H groups in total. The van der Waals surface area contributed by atoms with Crippen molar-refractivity contribution in [2.24, 2.45) is 5.92 Å². The van der Waals surface area contributed by atoms with Crippen molar-refractivity contribution in [1.29, 1.82) is 5.26 Å². The van der Waals surface area contributed by atoms with E-state index in [1.54, 1.807) is 11.8 Å². The predicted octanol–water partition coefficient (Wildman–Crippen LogP) is 3.12. The number of nitrogens with zero attached hydrogens (tertiary/aromatic N) is 1. The molecule has 3 atom stereocenters. The molecule has 0 amide bonds. The molecule has 0 saturated heterocycles. The number of thioether (sulfide) groups is 1. The number of hydrogen-bond acceptors (Lipinski definition) is 4. The maximum atomic E-state index is 8.82. The Balaban J connectivity index is 1.87. The molecule has 2 aliphatic heterocycles. The third kappa shape index (κ3) is 3.05. The lowest BCUT2D eigenvalue weighted by molar-refractivity contribution is 0.105. The number of nitrogens with one attached hydrogen (secondary N) is 1. The van der Waals surface area contributed by atoms with Crippen molar-refractivity contribution in [3.8, 4) is 6.07 Å². The molecule has 0 aromatic carbocycles. The average Bonchev–Trinajstić information content (AvgIpc) is 2.96. The summed E-state index contributed by atoms with van der Waals surface area (Å²) in [6, 6.07) is 2.44. The Bertz CT molecular complexity index is 383. The number of rotatable bonds is 4. The molecular weight excluding hydrogens is 232 g/mol. The van der Waals surface area contributed by atoms with Gasteiger partial charge in [-0.3, -0.25) is 0 Å². The largest absolute Gasteiger partial charge is 0.413 e. The zero-order valence-electron chi connectivity index (χ0n) is 10.3. The van der Waals surface area contributed by atoms with Gasteiger partial charge < -0.3 is 4.84 Å². The van der Waals surface area contributed by atoms with E-state index in [2.05, 4.69) is 31.5 Å². The molecule has 3 nitrogen and oxygen atoms in total. The third-order valence-electron chi connectivity index (χ3n) is 3.26. The van der Waals surface area contributed by atoms with E-state index in [0.717, 1.165) is 23.5 Å². The third-order valence-corrected chi connectivity index (χ3v) is 4.56. The summed E-state index contributed by atoms with van der Waals surface area (Å²) in [5, 5.41) is 9.23. The van der Waals surface area contributed by atoms with Crippen LogP contribution in [0.5, 0.6) is 0 Å². The Morgan fingerprint density at radius 2 is 2.53 bits per heavy atom. The summed E-state index contributed by atoms with van der Waals surface area (Å²) in [4.78, 5) is 6.34. The van der Waals surface area contributed by atoms with Crippen molar-refractivity contribution in [3.63, 3.8) is 0 Å². The monoisotopic (exact) mass is 250 g/mol. The van der Waals surface area contributed by atoms with Gasteiger partial charge in [0.15, 0.2) is 0 Å². The minimum absolute atomic E-state index is 0.237. The highest BCUT2D eigenvalue weighted by Crippen LogP contribution is 2.36. The Morgan fingerprint density at radius 1 is 1.71 bits per heavy atom. The topological polar surface area (TPSA) is 45.0 Å². The van der Waals surface area contributed by atoms with Gasteiger partial charge in [0.2, 0.25) is 0 Å². The normalized spacial score (nSPS) is 29.2. The lowest BCUT2D eigenvalue weighted by Crippen LogP contribution is -2.30. The quantitative estimate of drug-likeness (QED) is 0.832. The van der Waals surface area contributed by atoms with E-state index in [4.69, 9.17) is 10.1 Å². The van der Waals surface area contributed by atoms with Crippen molar-refractivity contribution in [3.05, 3.63) is 22.8 Å². The molecule has 2 heterocycles. The van der Waals surface area contributed by atoms with Crippen LogP contribution in [0.2, 0.25) is 0 Å². The van der Waals surface area contributed by atoms with E-state index < -0.39 is 0 Å². The van der Waals surface area contributed by atoms with Gasteiger partial charge in [0.05, 0.1) is 10.9 Å². The molecule has 4 heteroatoms. The van der Waals surface area contributed by atoms with Crippen molar-refractivity contribution in [2.45, 2.75) is 44.4 Å². The summed E-state index contributed by atoms with van der Waals surface area (Å²) in [5.74, 6) is 1.71. The second kappa shape index (κ2) is 5.61. The highest BCUT2D eigenvalue weighted by Gasteiger charge is 2.30. The number of nitriles is 1. The molecule has 0 saturated carbocycles. The van der Waals surface area contributed by atoms with E-state index in [-0.39, 0.29) is 6.04 Å². The van der Waals surface area contributed by atoms with Crippen LogP contribution in [0.25, 0.3) is 0 Å². The minimum Gasteiger partial charge on any atom is -0.413 e. The highest BCUT2D eigenvalue weighted by molar-refractivity contribution is 8.04. The Kier molecular flexibility index (Phi) is 4.14. The van der Waals surface area contributed by atoms with Crippen molar-refractivity contribution in [1.82, 2.24) is 5.48 Å². The van der Waals surface area contributed by atoms with Crippen LogP contribution in [0.15, 0.2) is 22.8 Å². The molecule has 0 aromatic heterocycles. The average molecular weight is 250 g/mol. The van der Waals surface area contributed by atoms with E-state index in [9.17, 15) is 0 Å². The summed E-state index contributed by atoms with van der Waals surface area (Å²) < 4.78 is 0. The fraction of sp³-hybridized carbons (Fsp3) is 0.615. The van der Waals surface area contributed by atoms with Crippen LogP contribution in [0.1, 0.15) is 33.1 Å². The summed E-state index contributed by atoms with van der Waals surface area (Å²) in [6.45, 7) is 4.43. The SMILES string of the molecule is CCC(C)CC1=CC(C2CC=C(C#N)S2)NO1. The van der Waals surface area contributed by atoms with Crippen LogP contribution >= 0.6 is 11.8 Å². The van der Waals surface area contributed by atoms with Gasteiger partial charge >= 0.3 is 0 Å². The Morgan fingerprint density at radius 3 is 3.18 bits per heavy atom. The lowest BCUT2D eigenvalue weighted by atomic mass is 10.0. The van der Waals surface area contributed by atoms with Crippen LogP contribution < -0.4 is 5.48 Å². The van der Waals surface area contributed by atoms with Gasteiger partial charge in [0.25, 0.3) is 0 Å². The van der Waals surface area contributed by atoms with Gasteiger partial charge in [0.1, 0.15) is 11.8 Å². The molecule has 0 bridgehead atoms. The minimum atomic E-state index is 0.237. The molecule has 92 valence electrons. The van der Waals surface area contributed by atoms with Crippen LogP contribution in [-0.4, -0.2) is 11.3 Å². The number of allylic oxidation sites excluding steroid dienone is 3. The van der Waals surface area contributed by atoms with Crippen LogP contribution in [-0.2, 0) is 4.84 Å². The van der Waals surface area contributed by atoms with Crippen LogP contribution in [0, 0.1) is 17.2 Å². The molecule has 0 spiro atoms. The van der Waals surface area contributed by atoms with Gasteiger partial charge in [-0.05, 0) is 18.4 Å². The summed E-state index contributed by atoms with van der Waals surface area (Å²) in [6.07, 6.45) is 7.30. The van der Waals surface area contributed by atoms with Crippen molar-refractivity contribution >= 4 is 11.8 Å². The first kappa shape index (κ1) is 12.5. The molecular formula is C13H18N2OS. The Hall–Kier alpha value is -0.920. The molecule has 0 fully saturated rings. The van der Waals surface area contributed by atoms with Gasteiger partial charge in [-0.2, -0.15) is 5.26 Å². The van der Waals surface area contributed by atoms with E-state index >= 15 is 0 Å². The number of hydroxylamine groups is 1. The molecule has 2 rings (SSSR count). The molecule has 17 heavy (non-hydrogen) atoms. The van der Waals surface area contributed by atoms with Crippen molar-refractivity contribution < 1.29 is 4.84 Å². The second-order valence-electron chi connectivity index (χ2n) is 4.67. The predicted molar refractivity (Wildman–Crippen MR) is 69.9 cm³/mol. The molecule has 0 aliphatic carbocycles. The van der Waals surface area contributed by atoms with Crippen LogP contribution in [0.3, 0.4) is 0 Å². The first-order chi connectivity index (χ1) is 8.22. The van der Waals surface area contributed by atoms with E-state index in [1.807, 2.05) is 6.08 Å². The second-order valence-corrected chi connectivity index (χ2v) is 5.95. The molecule has 0 aromatic rings. The fourth-order valence-corrected chi connectivity index (χ4v) is 3.01. The zero-order valence-corrected chi connectivity index (χ0v) is 11.1. The van der Waals surface area contributed by atoms with Crippen molar-refractivity contribution in [2.75, 3.05) is 0 Å². The van der Waals surface area contributed by atoms with Gasteiger partial charge in [-0.15, -0.1) is 17.2 Å². The standard InChI is InChI=1S/C13H18N2OS/c1-3-9(2)6-10-7-12(15-16-10)13-5-4-11(8-14)17-13/h4,7,9,12-13,15H,3,5-6H2,1-2H3. The Labute approximate surface area is 107 Å². The van der Waals surface area contributed by atoms with Gasteiger partial charge in [-0.25, -0.2) is 0 Å². The first-order valence-electron chi connectivity index (χ1n) is 6.13. The van der Waals surface area contributed by atoms with Gasteiger partial charge in [0, 0.05) is 11.7 Å². The number of hydrogen-bond donors (Lipinski definition) is 1. The summed E-state index contributed by atoms with van der Waals surface area (Å²) >= 11 is 1.65. The fourth-order valence-electron chi connectivity index (χ4n) is 1.97. The first-order valence-corrected chi connectivity index (χ1v) is 7.01.